The number of carbonyl (C=O) groups excluding carboxylic acids is 3. The number of nitrogens with zero attached hydrogens (tertiary/aromatic N) is 5. The average molecular weight is 490 g/mol. The molecule has 1 unspecified atom stereocenters. The standard InChI is InChI=1S/C26H31N7O3/c1-5-20(18-9-7-6-8-10-18)30-26(36)33-22(24(35)32(4)25-28-11-12-31(25)3)19(23(33)34)14-17-13-16(2)29-21(27)15-17/h6-13,15,19-20,22H,5,14H2,1-4H3,(H2,27,29)(H,30,36)/t19-,20?,22+/m1/s1. The molecule has 10 nitrogen and oxygen atoms in total. The highest BCUT2D eigenvalue weighted by molar-refractivity contribution is 6.12. The summed E-state index contributed by atoms with van der Waals surface area (Å²) in [4.78, 5) is 51.1. The van der Waals surface area contributed by atoms with Gasteiger partial charge in [0, 0.05) is 32.2 Å². The zero-order valence-electron chi connectivity index (χ0n) is 20.9. The first kappa shape index (κ1) is 24.9. The van der Waals surface area contributed by atoms with Crippen LogP contribution in [0.15, 0.2) is 54.9 Å². The summed E-state index contributed by atoms with van der Waals surface area (Å²) >= 11 is 0. The highest BCUT2D eigenvalue weighted by Gasteiger charge is 2.55. The number of imidazole rings is 1. The number of imide groups is 1. The minimum Gasteiger partial charge on any atom is -0.384 e. The van der Waals surface area contributed by atoms with Crippen molar-refractivity contribution in [2.45, 2.75) is 38.8 Å². The van der Waals surface area contributed by atoms with Crippen molar-refractivity contribution in [1.29, 1.82) is 0 Å². The van der Waals surface area contributed by atoms with Gasteiger partial charge in [0.25, 0.3) is 5.91 Å². The number of anilines is 2. The number of nitrogen functional groups attached to an aromatic ring is 1. The van der Waals surface area contributed by atoms with Crippen molar-refractivity contribution in [3.63, 3.8) is 0 Å². The zero-order valence-corrected chi connectivity index (χ0v) is 20.9. The van der Waals surface area contributed by atoms with E-state index in [1.807, 2.05) is 50.2 Å². The fraction of sp³-hybridized carbons (Fsp3) is 0.346. The van der Waals surface area contributed by atoms with Crippen LogP contribution in [0.3, 0.4) is 0 Å². The lowest BCUT2D eigenvalue weighted by molar-refractivity contribution is -0.156. The molecule has 36 heavy (non-hydrogen) atoms. The molecule has 0 radical (unpaired) electrons. The fourth-order valence-corrected chi connectivity index (χ4v) is 4.70. The molecule has 4 rings (SSSR count). The van der Waals surface area contributed by atoms with Crippen LogP contribution < -0.4 is 16.0 Å². The van der Waals surface area contributed by atoms with Gasteiger partial charge in [-0.2, -0.15) is 0 Å². The van der Waals surface area contributed by atoms with Crippen molar-refractivity contribution in [2.75, 3.05) is 17.7 Å². The van der Waals surface area contributed by atoms with E-state index in [1.165, 1.54) is 4.90 Å². The van der Waals surface area contributed by atoms with E-state index in [1.54, 1.807) is 37.1 Å². The van der Waals surface area contributed by atoms with E-state index in [0.717, 1.165) is 16.0 Å². The molecule has 0 saturated carbocycles. The second-order valence-corrected chi connectivity index (χ2v) is 9.06. The van der Waals surface area contributed by atoms with Crippen LogP contribution >= 0.6 is 0 Å². The molecule has 2 aromatic heterocycles. The summed E-state index contributed by atoms with van der Waals surface area (Å²) in [6.07, 6.45) is 4.20. The number of hydrogen-bond acceptors (Lipinski definition) is 6. The Hall–Kier alpha value is -4.21. The van der Waals surface area contributed by atoms with Gasteiger partial charge in [0.15, 0.2) is 0 Å². The van der Waals surface area contributed by atoms with Crippen molar-refractivity contribution in [3.05, 3.63) is 71.7 Å². The SMILES string of the molecule is CCC(NC(=O)N1C(=O)[C@H](Cc2cc(C)nc(N)c2)[C@H]1C(=O)N(C)c1nccn1C)c1ccccc1. The normalized spacial score (nSPS) is 17.9. The average Bonchev–Trinajstić information content (AvgIpc) is 3.28. The zero-order chi connectivity index (χ0) is 26.0. The number of likely N-dealkylation sites (N-methyl/N-ethyl adjacent to an activating group) is 1. The maximum atomic E-state index is 13.7. The minimum atomic E-state index is -0.984. The van der Waals surface area contributed by atoms with Crippen molar-refractivity contribution < 1.29 is 14.4 Å². The van der Waals surface area contributed by atoms with E-state index in [0.29, 0.717) is 23.9 Å². The number of likely N-dealkylation sites (tertiary alicyclic amines) is 1. The molecule has 0 spiro atoms. The second kappa shape index (κ2) is 10.2. The van der Waals surface area contributed by atoms with Gasteiger partial charge in [0.05, 0.1) is 12.0 Å². The first-order valence-corrected chi connectivity index (χ1v) is 11.9. The number of rotatable bonds is 7. The molecular formula is C26H31N7O3. The highest BCUT2D eigenvalue weighted by Crippen LogP contribution is 2.33. The topological polar surface area (TPSA) is 126 Å². The van der Waals surface area contributed by atoms with Crippen LogP contribution in [0.1, 0.15) is 36.2 Å². The third-order valence-electron chi connectivity index (χ3n) is 6.51. The number of amides is 4. The molecule has 188 valence electrons. The Morgan fingerprint density at radius 3 is 2.56 bits per heavy atom. The summed E-state index contributed by atoms with van der Waals surface area (Å²) in [7, 11) is 3.36. The molecule has 1 aromatic carbocycles. The van der Waals surface area contributed by atoms with Crippen molar-refractivity contribution in [3.8, 4) is 0 Å². The number of aromatic nitrogens is 3. The molecule has 3 atom stereocenters. The number of carbonyl (C=O) groups is 3. The van der Waals surface area contributed by atoms with Crippen LogP contribution in [0.4, 0.5) is 16.6 Å². The van der Waals surface area contributed by atoms with Crippen molar-refractivity contribution in [1.82, 2.24) is 24.8 Å². The van der Waals surface area contributed by atoms with Gasteiger partial charge in [-0.1, -0.05) is 37.3 Å². The van der Waals surface area contributed by atoms with Crippen LogP contribution in [-0.4, -0.2) is 50.4 Å². The van der Waals surface area contributed by atoms with E-state index in [2.05, 4.69) is 15.3 Å². The fourth-order valence-electron chi connectivity index (χ4n) is 4.70. The third kappa shape index (κ3) is 4.79. The molecule has 3 aromatic rings. The van der Waals surface area contributed by atoms with Gasteiger partial charge in [0.2, 0.25) is 11.9 Å². The van der Waals surface area contributed by atoms with E-state index < -0.39 is 29.8 Å². The lowest BCUT2D eigenvalue weighted by Gasteiger charge is -2.45. The van der Waals surface area contributed by atoms with E-state index in [-0.39, 0.29) is 12.5 Å². The molecule has 0 bridgehead atoms. The summed E-state index contributed by atoms with van der Waals surface area (Å²) in [5.74, 6) is -0.763. The van der Waals surface area contributed by atoms with Crippen LogP contribution in [0, 0.1) is 12.8 Å². The van der Waals surface area contributed by atoms with Crippen LogP contribution in [0.5, 0.6) is 0 Å². The molecular weight excluding hydrogens is 458 g/mol. The number of hydrogen-bond donors (Lipinski definition) is 2. The number of benzene rings is 1. The minimum absolute atomic E-state index is 0.261. The Kier molecular flexibility index (Phi) is 7.05. The number of urea groups is 1. The Morgan fingerprint density at radius 2 is 1.94 bits per heavy atom. The second-order valence-electron chi connectivity index (χ2n) is 9.06. The maximum Gasteiger partial charge on any atom is 0.325 e. The largest absolute Gasteiger partial charge is 0.384 e. The summed E-state index contributed by atoms with van der Waals surface area (Å²) in [5.41, 5.74) is 8.32. The van der Waals surface area contributed by atoms with Gasteiger partial charge in [0.1, 0.15) is 11.9 Å². The Bertz CT molecular complexity index is 1250. The highest BCUT2D eigenvalue weighted by atomic mass is 16.2. The number of aryl methyl sites for hydroxylation is 2. The maximum absolute atomic E-state index is 13.7. The van der Waals surface area contributed by atoms with Gasteiger partial charge in [-0.15, -0.1) is 0 Å². The Morgan fingerprint density at radius 1 is 1.22 bits per heavy atom. The lowest BCUT2D eigenvalue weighted by Crippen LogP contribution is -2.70. The van der Waals surface area contributed by atoms with Crippen molar-refractivity contribution >= 4 is 29.6 Å². The molecule has 3 heterocycles. The molecule has 3 N–H and O–H groups in total. The molecule has 0 aliphatic carbocycles. The number of nitrogens with one attached hydrogen (secondary N) is 1. The van der Waals surface area contributed by atoms with E-state index >= 15 is 0 Å². The summed E-state index contributed by atoms with van der Waals surface area (Å²) in [6.45, 7) is 3.76. The molecule has 10 heteroatoms. The first-order chi connectivity index (χ1) is 17.2. The summed E-state index contributed by atoms with van der Waals surface area (Å²) in [6, 6.07) is 11.2. The van der Waals surface area contributed by atoms with Gasteiger partial charge in [-0.3, -0.25) is 19.4 Å². The first-order valence-electron chi connectivity index (χ1n) is 11.9. The third-order valence-corrected chi connectivity index (χ3v) is 6.51. The summed E-state index contributed by atoms with van der Waals surface area (Å²) < 4.78 is 1.70. The predicted molar refractivity (Wildman–Crippen MR) is 136 cm³/mol. The lowest BCUT2D eigenvalue weighted by atomic mass is 9.81. The van der Waals surface area contributed by atoms with Gasteiger partial charge < -0.3 is 15.6 Å². The Balaban J connectivity index is 1.62. The smallest absolute Gasteiger partial charge is 0.325 e. The summed E-state index contributed by atoms with van der Waals surface area (Å²) in [5, 5.41) is 2.93. The van der Waals surface area contributed by atoms with Crippen LogP contribution in [0.25, 0.3) is 0 Å². The quantitative estimate of drug-likeness (QED) is 0.491. The van der Waals surface area contributed by atoms with E-state index in [4.69, 9.17) is 5.73 Å². The molecule has 1 aliphatic rings. The van der Waals surface area contributed by atoms with Crippen LogP contribution in [0.2, 0.25) is 0 Å². The molecule has 1 saturated heterocycles. The number of β-lactam (4-membered cyclic amide) rings is 1. The van der Waals surface area contributed by atoms with Gasteiger partial charge in [-0.25, -0.2) is 14.8 Å². The van der Waals surface area contributed by atoms with Gasteiger partial charge >= 0.3 is 6.03 Å². The van der Waals surface area contributed by atoms with E-state index in [9.17, 15) is 14.4 Å². The predicted octanol–water partition coefficient (Wildman–Crippen LogP) is 2.60. The van der Waals surface area contributed by atoms with Crippen LogP contribution in [-0.2, 0) is 23.1 Å². The van der Waals surface area contributed by atoms with Crippen molar-refractivity contribution in [2.24, 2.45) is 13.0 Å². The molecule has 1 aliphatic heterocycles. The van der Waals surface area contributed by atoms with Gasteiger partial charge in [-0.05, 0) is 43.0 Å². The monoisotopic (exact) mass is 489 g/mol. The molecule has 1 fully saturated rings. The molecule has 4 amide bonds. The number of nitrogens with two attached hydrogens (primary N) is 1. The Labute approximate surface area is 210 Å². The number of pyridine rings is 1.